The largest absolute Gasteiger partial charge is 0.283 e. The summed E-state index contributed by atoms with van der Waals surface area (Å²) in [5.74, 6) is 0. The topological polar surface area (TPSA) is 30.7 Å². The van der Waals surface area contributed by atoms with E-state index >= 15 is 0 Å². The van der Waals surface area contributed by atoms with Gasteiger partial charge in [-0.05, 0) is 36.4 Å². The van der Waals surface area contributed by atoms with Gasteiger partial charge < -0.3 is 0 Å². The summed E-state index contributed by atoms with van der Waals surface area (Å²) in [7, 11) is 0. The lowest BCUT2D eigenvalue weighted by Gasteiger charge is -2.08. The van der Waals surface area contributed by atoms with Crippen molar-refractivity contribution in [2.75, 3.05) is 0 Å². The van der Waals surface area contributed by atoms with Gasteiger partial charge in [0.2, 0.25) is 0 Å². The molecule has 0 saturated heterocycles. The zero-order valence-corrected chi connectivity index (χ0v) is 12.0. The van der Waals surface area contributed by atoms with Crippen LogP contribution in [-0.4, -0.2) is 14.5 Å². The van der Waals surface area contributed by atoms with Gasteiger partial charge in [0.25, 0.3) is 0 Å². The minimum absolute atomic E-state index is 0.912. The van der Waals surface area contributed by atoms with Crippen molar-refractivity contribution in [2.45, 2.75) is 13.8 Å². The number of hydrogen-bond donors (Lipinski definition) is 0. The second-order valence-electron chi connectivity index (χ2n) is 5.35. The highest BCUT2D eigenvalue weighted by molar-refractivity contribution is 5.92. The first-order chi connectivity index (χ1) is 10.3. The van der Waals surface area contributed by atoms with E-state index in [0.717, 1.165) is 16.9 Å². The Morgan fingerprint density at radius 1 is 0.905 bits per heavy atom. The van der Waals surface area contributed by atoms with Crippen molar-refractivity contribution in [1.29, 1.82) is 0 Å². The first-order valence-electron chi connectivity index (χ1n) is 7.03. The van der Waals surface area contributed by atoms with Crippen molar-refractivity contribution < 1.29 is 0 Å². The highest BCUT2D eigenvalue weighted by Gasteiger charge is 2.11. The first kappa shape index (κ1) is 12.1. The minimum atomic E-state index is 0.912. The van der Waals surface area contributed by atoms with E-state index in [9.17, 15) is 0 Å². The normalized spacial score (nSPS) is 11.3. The maximum Gasteiger partial charge on any atom is 0.164 e. The first-order valence-corrected chi connectivity index (χ1v) is 7.03. The SMILES string of the molecule is Cc1cnc2c(ncn2-c2cccc3ccccc23)c1C. The maximum atomic E-state index is 4.59. The number of aromatic nitrogens is 3. The number of fused-ring (bicyclic) bond motifs is 2. The molecular formula is C18H15N3. The van der Waals surface area contributed by atoms with Crippen LogP contribution in [0.1, 0.15) is 11.1 Å². The van der Waals surface area contributed by atoms with Crippen LogP contribution in [-0.2, 0) is 0 Å². The maximum absolute atomic E-state index is 4.59. The molecule has 102 valence electrons. The minimum Gasteiger partial charge on any atom is -0.283 e. The van der Waals surface area contributed by atoms with Crippen LogP contribution in [0.3, 0.4) is 0 Å². The number of rotatable bonds is 1. The van der Waals surface area contributed by atoms with E-state index in [-0.39, 0.29) is 0 Å². The molecule has 4 rings (SSSR count). The van der Waals surface area contributed by atoms with Gasteiger partial charge in [0.15, 0.2) is 5.65 Å². The summed E-state index contributed by atoms with van der Waals surface area (Å²) in [6.07, 6.45) is 3.78. The molecule has 3 heteroatoms. The van der Waals surface area contributed by atoms with Crippen LogP contribution < -0.4 is 0 Å². The quantitative estimate of drug-likeness (QED) is 0.520. The predicted octanol–water partition coefficient (Wildman–Crippen LogP) is 4.19. The smallest absolute Gasteiger partial charge is 0.164 e. The molecule has 0 unspecified atom stereocenters. The third-order valence-electron chi connectivity index (χ3n) is 4.10. The number of benzene rings is 2. The Kier molecular flexibility index (Phi) is 2.54. The van der Waals surface area contributed by atoms with E-state index in [2.05, 4.69) is 70.8 Å². The summed E-state index contributed by atoms with van der Waals surface area (Å²) in [5.41, 5.74) is 5.37. The molecule has 0 aliphatic carbocycles. The second kappa shape index (κ2) is 4.42. The number of nitrogens with zero attached hydrogens (tertiary/aromatic N) is 3. The molecule has 0 N–H and O–H groups in total. The lowest BCUT2D eigenvalue weighted by atomic mass is 10.1. The summed E-state index contributed by atoms with van der Waals surface area (Å²) in [6, 6.07) is 14.7. The molecular weight excluding hydrogens is 258 g/mol. The summed E-state index contributed by atoms with van der Waals surface area (Å²) in [5, 5.41) is 2.43. The number of imidazole rings is 1. The molecule has 2 aromatic heterocycles. The predicted molar refractivity (Wildman–Crippen MR) is 85.8 cm³/mol. The second-order valence-corrected chi connectivity index (χ2v) is 5.35. The molecule has 0 spiro atoms. The fourth-order valence-electron chi connectivity index (χ4n) is 2.77. The van der Waals surface area contributed by atoms with Gasteiger partial charge in [0.05, 0.1) is 5.69 Å². The molecule has 0 bridgehead atoms. The summed E-state index contributed by atoms with van der Waals surface area (Å²) >= 11 is 0. The van der Waals surface area contributed by atoms with Crippen molar-refractivity contribution in [3.05, 3.63) is 66.1 Å². The standard InChI is InChI=1S/C18H15N3/c1-12-10-19-18-17(13(12)2)20-11-21(18)16-9-5-7-14-6-3-4-8-15(14)16/h3-11H,1-2H3. The average molecular weight is 273 g/mol. The molecule has 2 heterocycles. The Hall–Kier alpha value is -2.68. The molecule has 21 heavy (non-hydrogen) atoms. The molecule has 2 aromatic carbocycles. The summed E-state index contributed by atoms with van der Waals surface area (Å²) in [4.78, 5) is 9.15. The molecule has 0 atom stereocenters. The Morgan fingerprint density at radius 2 is 1.71 bits per heavy atom. The zero-order valence-electron chi connectivity index (χ0n) is 12.0. The van der Waals surface area contributed by atoms with Gasteiger partial charge in [0, 0.05) is 11.6 Å². The highest BCUT2D eigenvalue weighted by atomic mass is 15.1. The Labute approximate surface area is 122 Å². The van der Waals surface area contributed by atoms with Crippen LogP contribution in [0.5, 0.6) is 0 Å². The van der Waals surface area contributed by atoms with Crippen molar-refractivity contribution in [1.82, 2.24) is 14.5 Å². The monoisotopic (exact) mass is 273 g/mol. The van der Waals surface area contributed by atoms with E-state index in [1.807, 2.05) is 12.5 Å². The number of aryl methyl sites for hydroxylation is 2. The molecule has 0 radical (unpaired) electrons. The molecule has 0 aliphatic rings. The van der Waals surface area contributed by atoms with Crippen LogP contribution in [0.2, 0.25) is 0 Å². The van der Waals surface area contributed by atoms with Crippen molar-refractivity contribution in [2.24, 2.45) is 0 Å². The van der Waals surface area contributed by atoms with Gasteiger partial charge in [-0.25, -0.2) is 9.97 Å². The Bertz CT molecular complexity index is 961. The van der Waals surface area contributed by atoms with Crippen LogP contribution in [0.4, 0.5) is 0 Å². The van der Waals surface area contributed by atoms with Gasteiger partial charge in [-0.1, -0.05) is 36.4 Å². The fourth-order valence-corrected chi connectivity index (χ4v) is 2.77. The molecule has 3 nitrogen and oxygen atoms in total. The van der Waals surface area contributed by atoms with Gasteiger partial charge in [-0.15, -0.1) is 0 Å². The zero-order chi connectivity index (χ0) is 14.4. The van der Waals surface area contributed by atoms with Crippen LogP contribution in [0.25, 0.3) is 27.6 Å². The highest BCUT2D eigenvalue weighted by Crippen LogP contribution is 2.26. The Balaban J connectivity index is 2.08. The summed E-state index contributed by atoms with van der Waals surface area (Å²) < 4.78 is 2.07. The van der Waals surface area contributed by atoms with Gasteiger partial charge in [-0.2, -0.15) is 0 Å². The molecule has 4 aromatic rings. The molecule has 0 saturated carbocycles. The average Bonchev–Trinajstić information content (AvgIpc) is 2.95. The lowest BCUT2D eigenvalue weighted by Crippen LogP contribution is -1.96. The summed E-state index contributed by atoms with van der Waals surface area (Å²) in [6.45, 7) is 4.17. The van der Waals surface area contributed by atoms with E-state index in [1.165, 1.54) is 21.9 Å². The molecule has 0 fully saturated rings. The van der Waals surface area contributed by atoms with Gasteiger partial charge in [0.1, 0.15) is 11.8 Å². The van der Waals surface area contributed by atoms with Crippen molar-refractivity contribution in [3.8, 4) is 5.69 Å². The third-order valence-corrected chi connectivity index (χ3v) is 4.10. The molecule has 0 aliphatic heterocycles. The molecule has 0 amide bonds. The fraction of sp³-hybridized carbons (Fsp3) is 0.111. The van der Waals surface area contributed by atoms with E-state index in [4.69, 9.17) is 0 Å². The van der Waals surface area contributed by atoms with E-state index in [0.29, 0.717) is 0 Å². The van der Waals surface area contributed by atoms with Crippen molar-refractivity contribution >= 4 is 21.9 Å². The van der Waals surface area contributed by atoms with Crippen LogP contribution >= 0.6 is 0 Å². The lowest BCUT2D eigenvalue weighted by molar-refractivity contribution is 1.08. The number of pyridine rings is 1. The van der Waals surface area contributed by atoms with E-state index in [1.54, 1.807) is 0 Å². The Morgan fingerprint density at radius 3 is 2.62 bits per heavy atom. The number of hydrogen-bond acceptors (Lipinski definition) is 2. The van der Waals surface area contributed by atoms with Gasteiger partial charge >= 0.3 is 0 Å². The van der Waals surface area contributed by atoms with Crippen LogP contribution in [0.15, 0.2) is 55.0 Å². The van der Waals surface area contributed by atoms with E-state index < -0.39 is 0 Å². The third kappa shape index (κ3) is 1.74. The van der Waals surface area contributed by atoms with Crippen molar-refractivity contribution in [3.63, 3.8) is 0 Å². The van der Waals surface area contributed by atoms with Gasteiger partial charge in [-0.3, -0.25) is 4.57 Å². The van der Waals surface area contributed by atoms with Crippen LogP contribution in [0, 0.1) is 13.8 Å².